The van der Waals surface area contributed by atoms with Gasteiger partial charge in [0.1, 0.15) is 0 Å². The normalized spacial score (nSPS) is 19.1. The first-order valence-corrected chi connectivity index (χ1v) is 7.17. The summed E-state index contributed by atoms with van der Waals surface area (Å²) in [4.78, 5) is 12.1. The van der Waals surface area contributed by atoms with Gasteiger partial charge in [-0.25, -0.2) is 0 Å². The Labute approximate surface area is 117 Å². The van der Waals surface area contributed by atoms with Crippen LogP contribution < -0.4 is 5.32 Å². The first-order valence-electron chi connectivity index (χ1n) is 7.17. The van der Waals surface area contributed by atoms with Gasteiger partial charge in [0.2, 0.25) is 0 Å². The van der Waals surface area contributed by atoms with Gasteiger partial charge in [0, 0.05) is 18.5 Å². The van der Waals surface area contributed by atoms with E-state index >= 15 is 0 Å². The van der Waals surface area contributed by atoms with Gasteiger partial charge in [0.15, 0.2) is 5.69 Å². The van der Waals surface area contributed by atoms with Crippen LogP contribution >= 0.6 is 0 Å². The van der Waals surface area contributed by atoms with E-state index in [0.29, 0.717) is 18.3 Å². The average molecular weight is 273 g/mol. The zero-order chi connectivity index (χ0) is 13.8. The van der Waals surface area contributed by atoms with Crippen molar-refractivity contribution in [1.29, 1.82) is 0 Å². The van der Waals surface area contributed by atoms with Gasteiger partial charge in [-0.05, 0) is 31.7 Å². The third-order valence-corrected chi connectivity index (χ3v) is 3.71. The number of fused-ring (bicyclic) bond motifs is 1. The fourth-order valence-electron chi connectivity index (χ4n) is 2.60. The molecule has 2 N–H and O–H groups in total. The lowest BCUT2D eigenvalue weighted by Gasteiger charge is -2.22. The summed E-state index contributed by atoms with van der Waals surface area (Å²) in [5.74, 6) is -0.127. The van der Waals surface area contributed by atoms with Crippen molar-refractivity contribution in [1.82, 2.24) is 15.5 Å². The molecule has 0 bridgehead atoms. The molecule has 5 nitrogen and oxygen atoms in total. The smallest absolute Gasteiger partial charge is 0.272 e. The Morgan fingerprint density at radius 1 is 1.40 bits per heavy atom. The van der Waals surface area contributed by atoms with E-state index in [4.69, 9.17) is 4.74 Å². The molecular formula is C15H19N3O2. The third kappa shape index (κ3) is 2.82. The molecule has 0 spiro atoms. The molecule has 1 amide bonds. The van der Waals surface area contributed by atoms with Crippen molar-refractivity contribution < 1.29 is 9.53 Å². The highest BCUT2D eigenvalue weighted by atomic mass is 16.5. The molecule has 5 heteroatoms. The van der Waals surface area contributed by atoms with Crippen molar-refractivity contribution in [3.8, 4) is 0 Å². The van der Waals surface area contributed by atoms with Gasteiger partial charge in [-0.2, -0.15) is 5.10 Å². The third-order valence-electron chi connectivity index (χ3n) is 3.71. The molecule has 2 aromatic rings. The fraction of sp³-hybridized carbons (Fsp3) is 0.467. The molecule has 2 heterocycles. The molecule has 106 valence electrons. The molecule has 3 rings (SSSR count). The predicted molar refractivity (Wildman–Crippen MR) is 76.6 cm³/mol. The number of benzene rings is 1. The Morgan fingerprint density at radius 2 is 2.30 bits per heavy atom. The maximum Gasteiger partial charge on any atom is 0.272 e. The van der Waals surface area contributed by atoms with Crippen LogP contribution in [-0.2, 0) is 4.74 Å². The topological polar surface area (TPSA) is 67.0 Å². The predicted octanol–water partition coefficient (Wildman–Crippen LogP) is 2.25. The summed E-state index contributed by atoms with van der Waals surface area (Å²) >= 11 is 0. The van der Waals surface area contributed by atoms with Crippen molar-refractivity contribution in [2.75, 3.05) is 13.2 Å². The number of nitrogens with zero attached hydrogens (tertiary/aromatic N) is 1. The number of ether oxygens (including phenoxy) is 1. The summed E-state index contributed by atoms with van der Waals surface area (Å²) in [5, 5.41) is 10.7. The van der Waals surface area contributed by atoms with E-state index in [9.17, 15) is 4.79 Å². The number of aromatic amines is 1. The van der Waals surface area contributed by atoms with E-state index in [-0.39, 0.29) is 5.91 Å². The molecule has 1 aromatic heterocycles. The lowest BCUT2D eigenvalue weighted by Crippen LogP contribution is -2.29. The van der Waals surface area contributed by atoms with E-state index in [1.165, 1.54) is 6.42 Å². The number of hydrogen-bond donors (Lipinski definition) is 2. The largest absolute Gasteiger partial charge is 0.378 e. The lowest BCUT2D eigenvalue weighted by atomic mass is 10.1. The van der Waals surface area contributed by atoms with Crippen LogP contribution in [0.4, 0.5) is 0 Å². The molecule has 1 aromatic carbocycles. The van der Waals surface area contributed by atoms with Crippen LogP contribution in [0.15, 0.2) is 24.3 Å². The molecule has 1 saturated heterocycles. The molecular weight excluding hydrogens is 254 g/mol. The monoisotopic (exact) mass is 273 g/mol. The van der Waals surface area contributed by atoms with Crippen LogP contribution in [0.5, 0.6) is 0 Å². The number of rotatable bonds is 4. The summed E-state index contributed by atoms with van der Waals surface area (Å²) in [5.41, 5.74) is 1.35. The number of carbonyl (C=O) groups excluding carboxylic acids is 1. The molecule has 0 saturated carbocycles. The minimum Gasteiger partial charge on any atom is -0.378 e. The minimum absolute atomic E-state index is 0.127. The number of hydrogen-bond acceptors (Lipinski definition) is 3. The second-order valence-electron chi connectivity index (χ2n) is 5.15. The van der Waals surface area contributed by atoms with Crippen LogP contribution in [0.25, 0.3) is 10.9 Å². The molecule has 1 fully saturated rings. The van der Waals surface area contributed by atoms with Gasteiger partial charge in [-0.3, -0.25) is 9.89 Å². The van der Waals surface area contributed by atoms with Crippen molar-refractivity contribution >= 4 is 16.8 Å². The van der Waals surface area contributed by atoms with Gasteiger partial charge in [-0.1, -0.05) is 18.2 Å². The van der Waals surface area contributed by atoms with Crippen LogP contribution in [-0.4, -0.2) is 35.4 Å². The Hall–Kier alpha value is -1.88. The highest BCUT2D eigenvalue weighted by molar-refractivity contribution is 6.04. The van der Waals surface area contributed by atoms with Crippen molar-refractivity contribution in [2.45, 2.75) is 31.8 Å². The summed E-state index contributed by atoms with van der Waals surface area (Å²) < 4.78 is 5.65. The number of para-hydroxylation sites is 1. The van der Waals surface area contributed by atoms with Crippen LogP contribution in [0, 0.1) is 0 Å². The molecule has 20 heavy (non-hydrogen) atoms. The minimum atomic E-state index is -0.127. The number of aromatic nitrogens is 2. The summed E-state index contributed by atoms with van der Waals surface area (Å²) in [7, 11) is 0. The summed E-state index contributed by atoms with van der Waals surface area (Å²) in [6.07, 6.45) is 4.64. The molecule has 1 unspecified atom stereocenters. The highest BCUT2D eigenvalue weighted by Crippen LogP contribution is 2.16. The van der Waals surface area contributed by atoms with E-state index < -0.39 is 0 Å². The van der Waals surface area contributed by atoms with Gasteiger partial charge >= 0.3 is 0 Å². The standard InChI is InChI=1S/C15H19N3O2/c19-15(16-9-8-11-5-3-4-10-20-11)14-12-6-1-2-7-13(12)17-18-14/h1-2,6-7,11H,3-5,8-10H2,(H,16,19)(H,17,18). The zero-order valence-electron chi connectivity index (χ0n) is 11.4. The van der Waals surface area contributed by atoms with Crippen molar-refractivity contribution in [2.24, 2.45) is 0 Å². The highest BCUT2D eigenvalue weighted by Gasteiger charge is 2.16. The van der Waals surface area contributed by atoms with E-state index in [1.54, 1.807) is 0 Å². The molecule has 1 atom stereocenters. The Kier molecular flexibility index (Phi) is 3.97. The second kappa shape index (κ2) is 6.05. The Morgan fingerprint density at radius 3 is 3.15 bits per heavy atom. The molecule has 0 aliphatic carbocycles. The number of amides is 1. The van der Waals surface area contributed by atoms with E-state index in [1.807, 2.05) is 24.3 Å². The molecule has 1 aliphatic heterocycles. The van der Waals surface area contributed by atoms with Gasteiger partial charge in [0.25, 0.3) is 5.91 Å². The number of nitrogens with one attached hydrogen (secondary N) is 2. The van der Waals surface area contributed by atoms with E-state index in [2.05, 4.69) is 15.5 Å². The Balaban J connectivity index is 1.56. The summed E-state index contributed by atoms with van der Waals surface area (Å²) in [6, 6.07) is 7.64. The first kappa shape index (κ1) is 13.1. The molecule has 1 aliphatic rings. The van der Waals surface area contributed by atoms with Gasteiger partial charge in [0.05, 0.1) is 11.6 Å². The van der Waals surface area contributed by atoms with Crippen LogP contribution in [0.1, 0.15) is 36.2 Å². The van der Waals surface area contributed by atoms with Gasteiger partial charge in [-0.15, -0.1) is 0 Å². The molecule has 0 radical (unpaired) electrons. The Bertz CT molecular complexity index is 588. The van der Waals surface area contributed by atoms with Gasteiger partial charge < -0.3 is 10.1 Å². The maximum atomic E-state index is 12.1. The van der Waals surface area contributed by atoms with Crippen LogP contribution in [0.2, 0.25) is 0 Å². The SMILES string of the molecule is O=C(NCCC1CCCCO1)c1n[nH]c2ccccc12. The quantitative estimate of drug-likeness (QED) is 0.898. The number of carbonyl (C=O) groups is 1. The number of H-pyrrole nitrogens is 1. The second-order valence-corrected chi connectivity index (χ2v) is 5.15. The maximum absolute atomic E-state index is 12.1. The lowest BCUT2D eigenvalue weighted by molar-refractivity contribution is 0.0117. The van der Waals surface area contributed by atoms with Crippen molar-refractivity contribution in [3.63, 3.8) is 0 Å². The van der Waals surface area contributed by atoms with Crippen LogP contribution in [0.3, 0.4) is 0 Å². The fourth-order valence-corrected chi connectivity index (χ4v) is 2.60. The first-order chi connectivity index (χ1) is 9.84. The summed E-state index contributed by atoms with van der Waals surface area (Å²) in [6.45, 7) is 1.48. The van der Waals surface area contributed by atoms with Crippen molar-refractivity contribution in [3.05, 3.63) is 30.0 Å². The average Bonchev–Trinajstić information content (AvgIpc) is 2.92. The van der Waals surface area contributed by atoms with E-state index in [0.717, 1.165) is 36.8 Å². The zero-order valence-corrected chi connectivity index (χ0v) is 11.4.